The fourth-order valence-corrected chi connectivity index (χ4v) is 2.58. The van der Waals surface area contributed by atoms with Crippen LogP contribution in [0.5, 0.6) is 0 Å². The first kappa shape index (κ1) is 17.5. The third-order valence-corrected chi connectivity index (χ3v) is 4.19. The number of rotatable bonds is 6. The molecule has 1 aromatic heterocycles. The standard InChI is InChI=1S/C17H23ClN4O/c1-17(2,13-5-7-14(18)8-6-13)11-20-16(23)15(19-3)12-9-21-22(4)10-12/h5-10,15,19H,11H2,1-4H3,(H,20,23). The molecule has 1 heterocycles. The van der Waals surface area contributed by atoms with Crippen molar-refractivity contribution in [2.75, 3.05) is 13.6 Å². The Morgan fingerprint density at radius 1 is 1.35 bits per heavy atom. The normalized spacial score (nSPS) is 12.9. The van der Waals surface area contributed by atoms with E-state index >= 15 is 0 Å². The number of carbonyl (C=O) groups excluding carboxylic acids is 1. The van der Waals surface area contributed by atoms with Crippen LogP contribution in [-0.2, 0) is 17.3 Å². The van der Waals surface area contributed by atoms with Crippen molar-refractivity contribution in [3.8, 4) is 0 Å². The third kappa shape index (κ3) is 4.33. The average molecular weight is 335 g/mol. The zero-order valence-corrected chi connectivity index (χ0v) is 14.7. The third-order valence-electron chi connectivity index (χ3n) is 3.94. The van der Waals surface area contributed by atoms with Crippen LogP contribution in [0.1, 0.15) is 31.0 Å². The van der Waals surface area contributed by atoms with E-state index in [0.29, 0.717) is 11.6 Å². The van der Waals surface area contributed by atoms with Gasteiger partial charge in [-0.1, -0.05) is 37.6 Å². The molecule has 1 amide bonds. The summed E-state index contributed by atoms with van der Waals surface area (Å²) in [5.74, 6) is -0.0671. The highest BCUT2D eigenvalue weighted by Crippen LogP contribution is 2.24. The molecule has 23 heavy (non-hydrogen) atoms. The van der Waals surface area contributed by atoms with Gasteiger partial charge in [0.05, 0.1) is 6.20 Å². The van der Waals surface area contributed by atoms with Gasteiger partial charge in [0.1, 0.15) is 6.04 Å². The number of hydrogen-bond acceptors (Lipinski definition) is 3. The lowest BCUT2D eigenvalue weighted by molar-refractivity contribution is -0.123. The first-order chi connectivity index (χ1) is 10.8. The number of aromatic nitrogens is 2. The van der Waals surface area contributed by atoms with Crippen molar-refractivity contribution in [3.05, 3.63) is 52.8 Å². The number of halogens is 1. The minimum absolute atomic E-state index is 0.0671. The van der Waals surface area contributed by atoms with Gasteiger partial charge in [0, 0.05) is 35.8 Å². The molecule has 0 saturated heterocycles. The number of nitrogens with zero attached hydrogens (tertiary/aromatic N) is 2. The van der Waals surface area contributed by atoms with Gasteiger partial charge in [-0.3, -0.25) is 9.48 Å². The molecule has 0 aliphatic rings. The Morgan fingerprint density at radius 2 is 2.00 bits per heavy atom. The highest BCUT2D eigenvalue weighted by Gasteiger charge is 2.25. The zero-order valence-electron chi connectivity index (χ0n) is 13.9. The lowest BCUT2D eigenvalue weighted by atomic mass is 9.84. The highest BCUT2D eigenvalue weighted by atomic mass is 35.5. The van der Waals surface area contributed by atoms with Gasteiger partial charge in [0.25, 0.3) is 0 Å². The molecule has 1 atom stereocenters. The summed E-state index contributed by atoms with van der Waals surface area (Å²) in [5, 5.41) is 10.9. The van der Waals surface area contributed by atoms with E-state index in [-0.39, 0.29) is 11.3 Å². The maximum absolute atomic E-state index is 12.5. The zero-order chi connectivity index (χ0) is 17.0. The van der Waals surface area contributed by atoms with Crippen molar-refractivity contribution in [3.63, 3.8) is 0 Å². The second-order valence-electron chi connectivity index (χ2n) is 6.28. The molecular formula is C17H23ClN4O. The average Bonchev–Trinajstić information content (AvgIpc) is 2.93. The van der Waals surface area contributed by atoms with Gasteiger partial charge < -0.3 is 10.6 Å². The molecule has 2 rings (SSSR count). The van der Waals surface area contributed by atoms with E-state index < -0.39 is 6.04 Å². The minimum atomic E-state index is -0.412. The Bertz CT molecular complexity index is 663. The van der Waals surface area contributed by atoms with Crippen molar-refractivity contribution in [1.82, 2.24) is 20.4 Å². The van der Waals surface area contributed by atoms with Crippen LogP contribution in [0.4, 0.5) is 0 Å². The largest absolute Gasteiger partial charge is 0.354 e. The van der Waals surface area contributed by atoms with Crippen LogP contribution in [0, 0.1) is 0 Å². The molecule has 0 aliphatic heterocycles. The van der Waals surface area contributed by atoms with E-state index in [1.54, 1.807) is 17.9 Å². The maximum Gasteiger partial charge on any atom is 0.241 e. The van der Waals surface area contributed by atoms with Crippen molar-refractivity contribution < 1.29 is 4.79 Å². The Labute approximate surface area is 142 Å². The van der Waals surface area contributed by atoms with Crippen molar-refractivity contribution in [2.45, 2.75) is 25.3 Å². The number of carbonyl (C=O) groups is 1. The van der Waals surface area contributed by atoms with Gasteiger partial charge in [-0.05, 0) is 24.7 Å². The minimum Gasteiger partial charge on any atom is -0.354 e. The van der Waals surface area contributed by atoms with Crippen LogP contribution in [0.15, 0.2) is 36.7 Å². The van der Waals surface area contributed by atoms with E-state index in [0.717, 1.165) is 11.1 Å². The Balaban J connectivity index is 2.03. The first-order valence-electron chi connectivity index (χ1n) is 7.53. The molecule has 0 saturated carbocycles. The number of benzene rings is 1. The van der Waals surface area contributed by atoms with Gasteiger partial charge in [0.2, 0.25) is 5.91 Å². The predicted octanol–water partition coefficient (Wildman–Crippen LogP) is 2.43. The van der Waals surface area contributed by atoms with Crippen molar-refractivity contribution in [1.29, 1.82) is 0 Å². The number of likely N-dealkylation sites (N-methyl/N-ethyl adjacent to an activating group) is 1. The topological polar surface area (TPSA) is 59.0 Å². The fourth-order valence-electron chi connectivity index (χ4n) is 2.45. The van der Waals surface area contributed by atoms with E-state index in [1.807, 2.05) is 37.5 Å². The predicted molar refractivity (Wildman–Crippen MR) is 92.5 cm³/mol. The molecule has 6 heteroatoms. The molecule has 2 N–H and O–H groups in total. The Hall–Kier alpha value is -1.85. The molecule has 1 aromatic carbocycles. The van der Waals surface area contributed by atoms with Crippen LogP contribution >= 0.6 is 11.6 Å². The summed E-state index contributed by atoms with van der Waals surface area (Å²) in [4.78, 5) is 12.5. The van der Waals surface area contributed by atoms with Gasteiger partial charge in [0.15, 0.2) is 0 Å². The molecule has 5 nitrogen and oxygen atoms in total. The lowest BCUT2D eigenvalue weighted by Gasteiger charge is -2.27. The molecule has 124 valence electrons. The molecule has 0 spiro atoms. The highest BCUT2D eigenvalue weighted by molar-refractivity contribution is 6.30. The van der Waals surface area contributed by atoms with E-state index in [9.17, 15) is 4.79 Å². The fraction of sp³-hybridized carbons (Fsp3) is 0.412. The molecule has 2 aromatic rings. The summed E-state index contributed by atoms with van der Waals surface area (Å²) in [6.07, 6.45) is 3.54. The number of aryl methyl sites for hydroxylation is 1. The van der Waals surface area contributed by atoms with Crippen LogP contribution in [-0.4, -0.2) is 29.3 Å². The molecule has 0 fully saturated rings. The van der Waals surface area contributed by atoms with Crippen LogP contribution in [0.25, 0.3) is 0 Å². The van der Waals surface area contributed by atoms with Crippen LogP contribution < -0.4 is 10.6 Å². The Morgan fingerprint density at radius 3 is 2.52 bits per heavy atom. The van der Waals surface area contributed by atoms with Gasteiger partial charge in [-0.25, -0.2) is 0 Å². The Kier molecular flexibility index (Phi) is 5.44. The van der Waals surface area contributed by atoms with Crippen molar-refractivity contribution >= 4 is 17.5 Å². The quantitative estimate of drug-likeness (QED) is 0.853. The van der Waals surface area contributed by atoms with E-state index in [2.05, 4.69) is 29.6 Å². The molecule has 1 unspecified atom stereocenters. The summed E-state index contributed by atoms with van der Waals surface area (Å²) in [6, 6.07) is 7.31. The SMILES string of the molecule is CNC(C(=O)NCC(C)(C)c1ccc(Cl)cc1)c1cnn(C)c1. The van der Waals surface area contributed by atoms with Gasteiger partial charge in [-0.15, -0.1) is 0 Å². The summed E-state index contributed by atoms with van der Waals surface area (Å²) in [5.41, 5.74) is 1.79. The van der Waals surface area contributed by atoms with Gasteiger partial charge >= 0.3 is 0 Å². The molecule has 0 bridgehead atoms. The van der Waals surface area contributed by atoms with E-state index in [1.165, 1.54) is 0 Å². The number of nitrogens with one attached hydrogen (secondary N) is 2. The summed E-state index contributed by atoms with van der Waals surface area (Å²) >= 11 is 5.93. The first-order valence-corrected chi connectivity index (χ1v) is 7.91. The smallest absolute Gasteiger partial charge is 0.241 e. The van der Waals surface area contributed by atoms with Crippen molar-refractivity contribution in [2.24, 2.45) is 7.05 Å². The summed E-state index contributed by atoms with van der Waals surface area (Å²) in [6.45, 7) is 4.72. The summed E-state index contributed by atoms with van der Waals surface area (Å²) in [7, 11) is 3.60. The maximum atomic E-state index is 12.5. The number of amides is 1. The second-order valence-corrected chi connectivity index (χ2v) is 6.71. The molecule has 0 radical (unpaired) electrons. The second kappa shape index (κ2) is 7.15. The summed E-state index contributed by atoms with van der Waals surface area (Å²) < 4.78 is 1.69. The molecular weight excluding hydrogens is 312 g/mol. The molecule has 0 aliphatic carbocycles. The van der Waals surface area contributed by atoms with E-state index in [4.69, 9.17) is 11.6 Å². The van der Waals surface area contributed by atoms with Crippen LogP contribution in [0.2, 0.25) is 5.02 Å². The van der Waals surface area contributed by atoms with Gasteiger partial charge in [-0.2, -0.15) is 5.10 Å². The van der Waals surface area contributed by atoms with Crippen LogP contribution in [0.3, 0.4) is 0 Å². The monoisotopic (exact) mass is 334 g/mol. The number of hydrogen-bond donors (Lipinski definition) is 2. The lowest BCUT2D eigenvalue weighted by Crippen LogP contribution is -2.42.